The lowest BCUT2D eigenvalue weighted by Crippen LogP contribution is -2.57. The summed E-state index contributed by atoms with van der Waals surface area (Å²) in [6.45, 7) is 12.8. The van der Waals surface area contributed by atoms with Crippen LogP contribution in [0.2, 0.25) is 0 Å². The monoisotopic (exact) mass is 472 g/mol. The highest BCUT2D eigenvalue weighted by molar-refractivity contribution is 5.91. The van der Waals surface area contributed by atoms with Crippen molar-refractivity contribution in [2.75, 3.05) is 0 Å². The third-order valence-corrected chi connectivity index (χ3v) is 5.24. The second-order valence-electron chi connectivity index (χ2n) is 10.2. The van der Waals surface area contributed by atoms with Crippen molar-refractivity contribution < 1.29 is 19.1 Å². The molecule has 0 fully saturated rings. The number of hydrogen-bond donors (Lipinski definition) is 3. The molecule has 1 unspecified atom stereocenters. The molecule has 0 radical (unpaired) electrons. The van der Waals surface area contributed by atoms with Crippen LogP contribution in [0.25, 0.3) is 0 Å². The topological polar surface area (TPSA) is 120 Å². The second-order valence-corrected chi connectivity index (χ2v) is 10.2. The molecule has 0 aliphatic heterocycles. The smallest absolute Gasteiger partial charge is 0.408 e. The molecule has 3 amide bonds. The van der Waals surface area contributed by atoms with Crippen molar-refractivity contribution in [2.45, 2.75) is 91.5 Å². The minimum absolute atomic E-state index is 0.127. The number of rotatable bonds is 11. The Kier molecular flexibility index (Phi) is 11.6. The summed E-state index contributed by atoms with van der Waals surface area (Å²) in [6.07, 6.45) is 0.454. The maximum Gasteiger partial charge on any atom is 0.408 e. The average Bonchev–Trinajstić information content (AvgIpc) is 2.73. The Hall–Kier alpha value is -3.08. The normalized spacial score (nSPS) is 14.0. The van der Waals surface area contributed by atoms with Gasteiger partial charge in [-0.1, -0.05) is 58.0 Å². The van der Waals surface area contributed by atoms with Gasteiger partial charge in [-0.3, -0.25) is 9.59 Å². The first-order valence-electron chi connectivity index (χ1n) is 11.8. The SMILES string of the molecule is CC(C)C(CCC#N)NC(=O)[C@H](Cc1ccccc1)NC(=O)[C@@H](NC(=O)OC(C)(C)C)C(C)C. The molecule has 0 spiro atoms. The number of carbonyl (C=O) groups is 3. The van der Waals surface area contributed by atoms with Crippen molar-refractivity contribution in [3.8, 4) is 6.07 Å². The fraction of sp³-hybridized carbons (Fsp3) is 0.615. The van der Waals surface area contributed by atoms with Crippen LogP contribution in [0, 0.1) is 23.2 Å². The summed E-state index contributed by atoms with van der Waals surface area (Å²) in [4.78, 5) is 38.7. The first-order chi connectivity index (χ1) is 15.8. The Balaban J connectivity index is 3.06. The quantitative estimate of drug-likeness (QED) is 0.453. The van der Waals surface area contributed by atoms with E-state index in [0.29, 0.717) is 19.3 Å². The number of nitriles is 1. The maximum atomic E-state index is 13.2. The fourth-order valence-electron chi connectivity index (χ4n) is 3.37. The van der Waals surface area contributed by atoms with Gasteiger partial charge in [0.1, 0.15) is 17.7 Å². The van der Waals surface area contributed by atoms with Crippen LogP contribution in [0.1, 0.15) is 66.9 Å². The van der Waals surface area contributed by atoms with Crippen molar-refractivity contribution in [1.29, 1.82) is 5.26 Å². The minimum Gasteiger partial charge on any atom is -0.444 e. The van der Waals surface area contributed by atoms with Crippen LogP contribution < -0.4 is 16.0 Å². The fourth-order valence-corrected chi connectivity index (χ4v) is 3.37. The predicted molar refractivity (Wildman–Crippen MR) is 132 cm³/mol. The van der Waals surface area contributed by atoms with E-state index in [1.807, 2.05) is 58.0 Å². The summed E-state index contributed by atoms with van der Waals surface area (Å²) in [7, 11) is 0. The molecule has 34 heavy (non-hydrogen) atoms. The molecule has 0 aliphatic rings. The van der Waals surface area contributed by atoms with Crippen LogP contribution in [-0.2, 0) is 20.7 Å². The third kappa shape index (κ3) is 10.7. The maximum absolute atomic E-state index is 13.2. The average molecular weight is 473 g/mol. The van der Waals surface area contributed by atoms with Crippen molar-refractivity contribution in [1.82, 2.24) is 16.0 Å². The molecule has 8 heteroatoms. The number of carbonyl (C=O) groups excluding carboxylic acids is 3. The number of nitrogens with one attached hydrogen (secondary N) is 3. The zero-order valence-electron chi connectivity index (χ0n) is 21.5. The number of hydrogen-bond acceptors (Lipinski definition) is 5. The zero-order valence-corrected chi connectivity index (χ0v) is 21.5. The molecule has 0 aliphatic carbocycles. The van der Waals surface area contributed by atoms with Gasteiger partial charge in [-0.05, 0) is 44.6 Å². The van der Waals surface area contributed by atoms with E-state index >= 15 is 0 Å². The molecule has 1 rings (SSSR count). The van der Waals surface area contributed by atoms with Gasteiger partial charge in [0.2, 0.25) is 11.8 Å². The largest absolute Gasteiger partial charge is 0.444 e. The van der Waals surface area contributed by atoms with Gasteiger partial charge < -0.3 is 20.7 Å². The molecular weight excluding hydrogens is 432 g/mol. The van der Waals surface area contributed by atoms with Crippen molar-refractivity contribution in [3.05, 3.63) is 35.9 Å². The van der Waals surface area contributed by atoms with Crippen LogP contribution >= 0.6 is 0 Å². The van der Waals surface area contributed by atoms with E-state index in [1.54, 1.807) is 20.8 Å². The summed E-state index contributed by atoms with van der Waals surface area (Å²) < 4.78 is 5.30. The van der Waals surface area contributed by atoms with E-state index in [-0.39, 0.29) is 23.8 Å². The van der Waals surface area contributed by atoms with Gasteiger partial charge in [-0.25, -0.2) is 4.79 Å². The molecule has 188 valence electrons. The van der Waals surface area contributed by atoms with E-state index < -0.39 is 29.7 Å². The van der Waals surface area contributed by atoms with E-state index in [0.717, 1.165) is 5.56 Å². The van der Waals surface area contributed by atoms with Gasteiger partial charge in [0.05, 0.1) is 6.07 Å². The molecule has 8 nitrogen and oxygen atoms in total. The van der Waals surface area contributed by atoms with Crippen LogP contribution in [0.4, 0.5) is 4.79 Å². The van der Waals surface area contributed by atoms with E-state index in [1.165, 1.54) is 0 Å². The Morgan fingerprint density at radius 1 is 0.941 bits per heavy atom. The lowest BCUT2D eigenvalue weighted by molar-refractivity contribution is -0.131. The molecule has 0 saturated carbocycles. The van der Waals surface area contributed by atoms with Gasteiger partial charge in [-0.15, -0.1) is 0 Å². The first kappa shape index (κ1) is 29.0. The standard InChI is InChI=1S/C26H40N4O4/c1-17(2)20(14-11-15-27)28-23(31)21(16-19-12-9-8-10-13-19)29-24(32)22(18(3)4)30-25(33)34-26(5,6)7/h8-10,12-13,17-18,20-22H,11,14,16H2,1-7H3,(H,28,31)(H,29,32)(H,30,33)/t20?,21-,22-/m0/s1. The van der Waals surface area contributed by atoms with Crippen LogP contribution in [0.15, 0.2) is 30.3 Å². The molecule has 0 saturated heterocycles. The van der Waals surface area contributed by atoms with Gasteiger partial charge >= 0.3 is 6.09 Å². The minimum atomic E-state index is -0.875. The molecule has 1 aromatic rings. The molecule has 0 heterocycles. The Morgan fingerprint density at radius 3 is 2.06 bits per heavy atom. The highest BCUT2D eigenvalue weighted by Gasteiger charge is 2.31. The Labute approximate surface area is 203 Å². The summed E-state index contributed by atoms with van der Waals surface area (Å²) >= 11 is 0. The van der Waals surface area contributed by atoms with E-state index in [4.69, 9.17) is 10.00 Å². The lowest BCUT2D eigenvalue weighted by Gasteiger charge is -2.28. The molecule has 0 bridgehead atoms. The Morgan fingerprint density at radius 2 is 1.56 bits per heavy atom. The van der Waals surface area contributed by atoms with E-state index in [2.05, 4.69) is 22.0 Å². The molecule has 3 N–H and O–H groups in total. The number of benzene rings is 1. The van der Waals surface area contributed by atoms with Crippen LogP contribution in [-0.4, -0.2) is 41.6 Å². The zero-order chi connectivity index (χ0) is 25.9. The summed E-state index contributed by atoms with van der Waals surface area (Å²) in [6, 6.07) is 9.61. The summed E-state index contributed by atoms with van der Waals surface area (Å²) in [5.41, 5.74) is 0.190. The first-order valence-corrected chi connectivity index (χ1v) is 11.8. The molecule has 3 atom stereocenters. The third-order valence-electron chi connectivity index (χ3n) is 5.24. The second kappa shape index (κ2) is 13.6. The van der Waals surface area contributed by atoms with Gasteiger partial charge in [0, 0.05) is 18.9 Å². The highest BCUT2D eigenvalue weighted by atomic mass is 16.6. The van der Waals surface area contributed by atoms with Crippen LogP contribution in [0.3, 0.4) is 0 Å². The summed E-state index contributed by atoms with van der Waals surface area (Å²) in [5.74, 6) is -0.890. The molecular formula is C26H40N4O4. The molecule has 0 aromatic heterocycles. The van der Waals surface area contributed by atoms with Gasteiger partial charge in [-0.2, -0.15) is 5.26 Å². The number of nitrogens with zero attached hydrogens (tertiary/aromatic N) is 1. The van der Waals surface area contributed by atoms with Gasteiger partial charge in [0.15, 0.2) is 0 Å². The molecule has 1 aromatic carbocycles. The predicted octanol–water partition coefficient (Wildman–Crippen LogP) is 3.71. The lowest BCUT2D eigenvalue weighted by atomic mass is 9.97. The van der Waals surface area contributed by atoms with E-state index in [9.17, 15) is 14.4 Å². The number of ether oxygens (including phenoxy) is 1. The van der Waals surface area contributed by atoms with Gasteiger partial charge in [0.25, 0.3) is 0 Å². The van der Waals surface area contributed by atoms with Crippen LogP contribution in [0.5, 0.6) is 0 Å². The highest BCUT2D eigenvalue weighted by Crippen LogP contribution is 2.12. The van der Waals surface area contributed by atoms with Crippen molar-refractivity contribution in [2.24, 2.45) is 11.8 Å². The number of alkyl carbamates (subject to hydrolysis) is 1. The van der Waals surface area contributed by atoms with Crippen molar-refractivity contribution in [3.63, 3.8) is 0 Å². The van der Waals surface area contributed by atoms with Crippen molar-refractivity contribution >= 4 is 17.9 Å². The summed E-state index contributed by atoms with van der Waals surface area (Å²) in [5, 5.41) is 17.4. The Bertz CT molecular complexity index is 841. The number of amides is 3.